The Hall–Kier alpha value is -0.0900. The van der Waals surface area contributed by atoms with Crippen molar-refractivity contribution in [3.05, 3.63) is 0 Å². The molecule has 0 unspecified atom stereocenters. The van der Waals surface area contributed by atoms with Crippen LogP contribution < -0.4 is 5.73 Å². The number of hydrogen-bond donors (Lipinski definition) is 1. The first-order valence-corrected chi connectivity index (χ1v) is 7.12. The van der Waals surface area contributed by atoms with E-state index in [0.717, 1.165) is 37.8 Å². The molecule has 1 rings (SSSR count). The third kappa shape index (κ3) is 4.83. The molecule has 1 amide bonds. The van der Waals surface area contributed by atoms with Crippen LogP contribution in [0.15, 0.2) is 0 Å². The van der Waals surface area contributed by atoms with E-state index in [9.17, 15) is 4.79 Å². The maximum atomic E-state index is 10.8. The molecule has 1 heterocycles. The molecule has 1 fully saturated rings. The fourth-order valence-electron chi connectivity index (χ4n) is 2.28. The Morgan fingerprint density at radius 1 is 1.44 bits per heavy atom. The fraction of sp³-hybridized carbons (Fsp3) is 0.917. The van der Waals surface area contributed by atoms with E-state index in [0.29, 0.717) is 17.8 Å². The summed E-state index contributed by atoms with van der Waals surface area (Å²) in [5.41, 5.74) is 5.55. The highest BCUT2D eigenvalue weighted by molar-refractivity contribution is 9.09. The molecular weight excluding hydrogens is 268 g/mol. The molecule has 3 nitrogen and oxygen atoms in total. The lowest BCUT2D eigenvalue weighted by Gasteiger charge is -2.36. The second kappa shape index (κ2) is 6.01. The lowest BCUT2D eigenvalue weighted by atomic mass is 9.90. The maximum Gasteiger partial charge on any atom is 0.217 e. The number of hydrogen-bond acceptors (Lipinski definition) is 2. The number of alkyl halides is 1. The number of nitrogens with zero attached hydrogens (tertiary/aromatic N) is 1. The van der Waals surface area contributed by atoms with Gasteiger partial charge in [0, 0.05) is 18.3 Å². The number of carbonyl (C=O) groups excluding carboxylic acids is 1. The molecule has 0 aromatic rings. The number of piperidine rings is 1. The number of carbonyl (C=O) groups is 1. The second-order valence-corrected chi connectivity index (χ2v) is 6.25. The summed E-state index contributed by atoms with van der Waals surface area (Å²) < 4.78 is 0. The van der Waals surface area contributed by atoms with E-state index in [2.05, 4.69) is 34.7 Å². The Morgan fingerprint density at radius 3 is 2.44 bits per heavy atom. The molecule has 4 heteroatoms. The first-order chi connectivity index (χ1) is 7.43. The van der Waals surface area contributed by atoms with Crippen LogP contribution in [0.1, 0.15) is 33.1 Å². The van der Waals surface area contributed by atoms with Crippen molar-refractivity contribution in [2.24, 2.45) is 17.1 Å². The summed E-state index contributed by atoms with van der Waals surface area (Å²) in [5, 5.41) is 1.03. The van der Waals surface area contributed by atoms with Gasteiger partial charge < -0.3 is 10.6 Å². The quantitative estimate of drug-likeness (QED) is 0.787. The summed E-state index contributed by atoms with van der Waals surface area (Å²) in [7, 11) is 0. The number of halogens is 1. The van der Waals surface area contributed by atoms with Gasteiger partial charge in [0.15, 0.2) is 0 Å². The van der Waals surface area contributed by atoms with E-state index in [4.69, 9.17) is 5.73 Å². The van der Waals surface area contributed by atoms with Gasteiger partial charge in [-0.1, -0.05) is 29.8 Å². The Balaban J connectivity index is 2.29. The summed E-state index contributed by atoms with van der Waals surface area (Å²) in [6.07, 6.45) is 2.79. The summed E-state index contributed by atoms with van der Waals surface area (Å²) >= 11 is 3.55. The number of likely N-dealkylation sites (tertiary alicyclic amines) is 1. The van der Waals surface area contributed by atoms with Crippen LogP contribution in [0.4, 0.5) is 0 Å². The standard InChI is InChI=1S/C12H23BrN2O/c1-12(2,8-13)9-15-5-3-10(4-6-15)7-11(14)16/h10H,3-9H2,1-2H3,(H2,14,16). The largest absolute Gasteiger partial charge is 0.370 e. The summed E-state index contributed by atoms with van der Waals surface area (Å²) in [6.45, 7) is 7.89. The van der Waals surface area contributed by atoms with E-state index in [-0.39, 0.29) is 5.91 Å². The third-order valence-electron chi connectivity index (χ3n) is 3.21. The molecule has 1 aliphatic heterocycles. The Morgan fingerprint density at radius 2 is 2.00 bits per heavy atom. The van der Waals surface area contributed by atoms with E-state index >= 15 is 0 Å². The minimum atomic E-state index is -0.153. The number of amides is 1. The minimum absolute atomic E-state index is 0.153. The molecule has 0 spiro atoms. The lowest BCUT2D eigenvalue weighted by molar-refractivity contribution is -0.119. The number of rotatable bonds is 5. The van der Waals surface area contributed by atoms with Crippen LogP contribution in [0.5, 0.6) is 0 Å². The van der Waals surface area contributed by atoms with Gasteiger partial charge in [-0.05, 0) is 37.3 Å². The zero-order chi connectivity index (χ0) is 12.2. The van der Waals surface area contributed by atoms with Crippen LogP contribution in [0, 0.1) is 11.3 Å². The summed E-state index contributed by atoms with van der Waals surface area (Å²) in [6, 6.07) is 0. The fourth-order valence-corrected chi connectivity index (χ4v) is 2.46. The van der Waals surface area contributed by atoms with Crippen molar-refractivity contribution in [1.29, 1.82) is 0 Å². The van der Waals surface area contributed by atoms with E-state index in [1.54, 1.807) is 0 Å². The summed E-state index contributed by atoms with van der Waals surface area (Å²) in [4.78, 5) is 13.3. The van der Waals surface area contributed by atoms with E-state index in [1.807, 2.05) is 0 Å². The van der Waals surface area contributed by atoms with Crippen molar-refractivity contribution >= 4 is 21.8 Å². The van der Waals surface area contributed by atoms with Crippen LogP contribution in [-0.4, -0.2) is 35.8 Å². The van der Waals surface area contributed by atoms with Crippen molar-refractivity contribution in [3.63, 3.8) is 0 Å². The van der Waals surface area contributed by atoms with Crippen molar-refractivity contribution in [2.75, 3.05) is 25.0 Å². The number of primary amides is 1. The van der Waals surface area contributed by atoms with Crippen molar-refractivity contribution in [1.82, 2.24) is 4.90 Å². The van der Waals surface area contributed by atoms with Gasteiger partial charge in [0.2, 0.25) is 5.91 Å². The Kier molecular flexibility index (Phi) is 5.25. The molecule has 94 valence electrons. The van der Waals surface area contributed by atoms with Crippen LogP contribution >= 0.6 is 15.9 Å². The highest BCUT2D eigenvalue weighted by atomic mass is 79.9. The van der Waals surface area contributed by atoms with Crippen LogP contribution in [-0.2, 0) is 4.79 Å². The zero-order valence-corrected chi connectivity index (χ0v) is 11.9. The molecule has 0 bridgehead atoms. The average molecular weight is 291 g/mol. The summed E-state index contributed by atoms with van der Waals surface area (Å²) in [5.74, 6) is 0.361. The molecule has 0 aliphatic carbocycles. The molecule has 16 heavy (non-hydrogen) atoms. The van der Waals surface area contributed by atoms with Gasteiger partial charge in [-0.3, -0.25) is 4.79 Å². The SMILES string of the molecule is CC(C)(CBr)CN1CCC(CC(N)=O)CC1. The van der Waals surface area contributed by atoms with E-state index < -0.39 is 0 Å². The van der Waals surface area contributed by atoms with E-state index in [1.165, 1.54) is 0 Å². The first-order valence-electron chi connectivity index (χ1n) is 5.99. The number of nitrogens with two attached hydrogens (primary N) is 1. The average Bonchev–Trinajstić information content (AvgIpc) is 2.20. The van der Waals surface area contributed by atoms with Crippen molar-refractivity contribution in [2.45, 2.75) is 33.1 Å². The van der Waals surface area contributed by atoms with Crippen LogP contribution in [0.3, 0.4) is 0 Å². The Labute approximate surface area is 107 Å². The van der Waals surface area contributed by atoms with Crippen LogP contribution in [0.2, 0.25) is 0 Å². The molecule has 0 radical (unpaired) electrons. The third-order valence-corrected chi connectivity index (χ3v) is 4.73. The normalized spacial score (nSPS) is 19.9. The lowest BCUT2D eigenvalue weighted by Crippen LogP contribution is -2.41. The molecule has 2 N–H and O–H groups in total. The van der Waals surface area contributed by atoms with Gasteiger partial charge in [-0.15, -0.1) is 0 Å². The predicted octanol–water partition coefficient (Wildman–Crippen LogP) is 1.99. The van der Waals surface area contributed by atoms with Gasteiger partial charge in [0.05, 0.1) is 0 Å². The van der Waals surface area contributed by atoms with Gasteiger partial charge in [0.25, 0.3) is 0 Å². The first kappa shape index (κ1) is 14.0. The topological polar surface area (TPSA) is 46.3 Å². The highest BCUT2D eigenvalue weighted by Gasteiger charge is 2.25. The van der Waals surface area contributed by atoms with Gasteiger partial charge in [-0.25, -0.2) is 0 Å². The maximum absolute atomic E-state index is 10.8. The van der Waals surface area contributed by atoms with Crippen LogP contribution in [0.25, 0.3) is 0 Å². The highest BCUT2D eigenvalue weighted by Crippen LogP contribution is 2.25. The second-order valence-electron chi connectivity index (χ2n) is 5.69. The minimum Gasteiger partial charge on any atom is -0.370 e. The van der Waals surface area contributed by atoms with Gasteiger partial charge in [-0.2, -0.15) is 0 Å². The zero-order valence-electron chi connectivity index (χ0n) is 10.3. The molecule has 0 saturated carbocycles. The van der Waals surface area contributed by atoms with Gasteiger partial charge in [0.1, 0.15) is 0 Å². The molecular formula is C12H23BrN2O. The monoisotopic (exact) mass is 290 g/mol. The molecule has 1 aliphatic rings. The molecule has 0 aromatic heterocycles. The van der Waals surface area contributed by atoms with Crippen molar-refractivity contribution < 1.29 is 4.79 Å². The molecule has 1 saturated heterocycles. The van der Waals surface area contributed by atoms with Gasteiger partial charge >= 0.3 is 0 Å². The Bertz CT molecular complexity index is 235. The smallest absolute Gasteiger partial charge is 0.217 e. The molecule has 0 aromatic carbocycles. The van der Waals surface area contributed by atoms with Crippen molar-refractivity contribution in [3.8, 4) is 0 Å². The molecule has 0 atom stereocenters. The predicted molar refractivity (Wildman–Crippen MR) is 70.6 cm³/mol.